The van der Waals surface area contributed by atoms with Gasteiger partial charge in [0.1, 0.15) is 0 Å². The molecule has 0 aromatic heterocycles. The van der Waals surface area contributed by atoms with E-state index in [-0.39, 0.29) is 0 Å². The normalized spacial score (nSPS) is 16.1. The summed E-state index contributed by atoms with van der Waals surface area (Å²) in [5, 5.41) is 0. The molecule has 0 saturated carbocycles. The molecule has 0 atom stereocenters. The quantitative estimate of drug-likeness (QED) is 0.512. The molecule has 0 saturated heterocycles. The summed E-state index contributed by atoms with van der Waals surface area (Å²) in [6, 6.07) is 0. The monoisotopic (exact) mass is 411 g/mol. The van der Waals surface area contributed by atoms with Crippen LogP contribution >= 0.6 is 0 Å². The summed E-state index contributed by atoms with van der Waals surface area (Å²) in [7, 11) is -24.1. The van der Waals surface area contributed by atoms with Gasteiger partial charge in [0.05, 0.1) is 3.91 Å². The van der Waals surface area contributed by atoms with Gasteiger partial charge in [0.25, 0.3) is 0 Å². The molecule has 0 aromatic carbocycles. The molecule has 0 N–H and O–H groups in total. The molecule has 0 spiro atoms. The highest BCUT2D eigenvalue weighted by molar-refractivity contribution is 8.29. The number of sulfone groups is 3. The second kappa shape index (κ2) is 5.11. The van der Waals surface area contributed by atoms with Crippen LogP contribution in [0.4, 0.5) is 39.5 Å². The molecule has 0 aliphatic carbocycles. The summed E-state index contributed by atoms with van der Waals surface area (Å²) in [5.74, 6) is 0. The Morgan fingerprint density at radius 3 is 0.682 bits per heavy atom. The van der Waals surface area contributed by atoms with E-state index in [9.17, 15) is 64.8 Å². The van der Waals surface area contributed by atoms with Crippen molar-refractivity contribution in [3.63, 3.8) is 0 Å². The zero-order valence-electron chi connectivity index (χ0n) is 9.08. The molecule has 0 aliphatic rings. The zero-order chi connectivity index (χ0) is 18.6. The highest BCUT2D eigenvalue weighted by atomic mass is 32.3. The molecule has 18 heteroatoms. The summed E-state index contributed by atoms with van der Waals surface area (Å²) < 4.78 is 167. The van der Waals surface area contributed by atoms with E-state index >= 15 is 0 Å². The molecule has 0 aromatic rings. The molecule has 0 fully saturated rings. The first kappa shape index (κ1) is 21.2. The Balaban J connectivity index is 7.00. The Labute approximate surface area is 115 Å². The Morgan fingerprint density at radius 2 is 0.591 bits per heavy atom. The first-order valence-corrected chi connectivity index (χ1v) is 8.38. The van der Waals surface area contributed by atoms with Gasteiger partial charge in [-0.15, -0.1) is 0 Å². The number of rotatable bonds is 3. The van der Waals surface area contributed by atoms with Gasteiger partial charge in [-0.2, -0.15) is 39.5 Å². The molecular weight excluding hydrogens is 411 g/mol. The SMILES string of the molecule is O=S(=O)([C-](S(=O)(=O)C(F)(F)F)S(=O)(=O)C(F)(F)F)C(F)(F)F. The van der Waals surface area contributed by atoms with Crippen molar-refractivity contribution < 1.29 is 64.8 Å². The molecule has 0 amide bonds. The Kier molecular flexibility index (Phi) is 4.93. The van der Waals surface area contributed by atoms with Crippen molar-refractivity contribution in [3.05, 3.63) is 3.91 Å². The second-order valence-electron chi connectivity index (χ2n) is 3.10. The number of hydrogen-bond donors (Lipinski definition) is 0. The molecule has 134 valence electrons. The number of halogens is 9. The topological polar surface area (TPSA) is 102 Å². The molecule has 0 unspecified atom stereocenters. The average molecular weight is 411 g/mol. The third-order valence-corrected chi connectivity index (χ3v) is 8.67. The Bertz CT molecular complexity index is 628. The summed E-state index contributed by atoms with van der Waals surface area (Å²) >= 11 is 0. The Hall–Kier alpha value is -0.780. The van der Waals surface area contributed by atoms with Crippen LogP contribution in [0.5, 0.6) is 0 Å². The van der Waals surface area contributed by atoms with Crippen molar-refractivity contribution in [2.45, 2.75) is 16.5 Å². The Morgan fingerprint density at radius 1 is 0.455 bits per heavy atom. The maximum Gasteiger partial charge on any atom is 0.470 e. The molecular formula is C4F9O6S3-. The van der Waals surface area contributed by atoms with Gasteiger partial charge in [0.15, 0.2) is 29.5 Å². The van der Waals surface area contributed by atoms with E-state index in [1.54, 1.807) is 0 Å². The molecule has 6 nitrogen and oxygen atoms in total. The fourth-order valence-corrected chi connectivity index (χ4v) is 6.45. The van der Waals surface area contributed by atoms with Crippen molar-refractivity contribution in [3.8, 4) is 0 Å². The molecule has 0 rings (SSSR count). The lowest BCUT2D eigenvalue weighted by atomic mass is 11.5. The molecule has 0 aliphatic heterocycles. The second-order valence-corrected chi connectivity index (χ2v) is 9.51. The van der Waals surface area contributed by atoms with Crippen LogP contribution in [-0.4, -0.2) is 41.8 Å². The fourth-order valence-electron chi connectivity index (χ4n) is 0.717. The number of alkyl halides is 9. The van der Waals surface area contributed by atoms with Gasteiger partial charge in [0, 0.05) is 0 Å². The highest BCUT2D eigenvalue weighted by Crippen LogP contribution is 2.47. The molecule has 22 heavy (non-hydrogen) atoms. The van der Waals surface area contributed by atoms with Crippen LogP contribution in [0.3, 0.4) is 0 Å². The lowest BCUT2D eigenvalue weighted by molar-refractivity contribution is -0.0471. The van der Waals surface area contributed by atoms with Gasteiger partial charge in [-0.25, -0.2) is 0 Å². The predicted octanol–water partition coefficient (Wildman–Crippen LogP) is 1.24. The van der Waals surface area contributed by atoms with Gasteiger partial charge >= 0.3 is 16.5 Å². The van der Waals surface area contributed by atoms with Crippen molar-refractivity contribution in [1.82, 2.24) is 0 Å². The molecule has 0 bridgehead atoms. The van der Waals surface area contributed by atoms with Crippen LogP contribution in [0.15, 0.2) is 0 Å². The van der Waals surface area contributed by atoms with E-state index in [0.29, 0.717) is 0 Å². The molecule has 0 radical (unpaired) electrons. The van der Waals surface area contributed by atoms with Crippen LogP contribution in [-0.2, 0) is 29.5 Å². The van der Waals surface area contributed by atoms with Crippen LogP contribution in [0, 0.1) is 3.91 Å². The third kappa shape index (κ3) is 3.26. The summed E-state index contributed by atoms with van der Waals surface area (Å²) in [5.41, 5.74) is -21.2. The van der Waals surface area contributed by atoms with Gasteiger partial charge in [0.2, 0.25) is 0 Å². The van der Waals surface area contributed by atoms with Gasteiger partial charge in [-0.1, -0.05) is 0 Å². The van der Waals surface area contributed by atoms with Gasteiger partial charge < -0.3 is 0 Å². The van der Waals surface area contributed by atoms with Crippen LogP contribution in [0.25, 0.3) is 0 Å². The zero-order valence-corrected chi connectivity index (χ0v) is 11.5. The lowest BCUT2D eigenvalue weighted by Gasteiger charge is -2.31. The fraction of sp³-hybridized carbons (Fsp3) is 0.750. The maximum absolute atomic E-state index is 12.0. The minimum Gasteiger partial charge on any atom is -0.251 e. The van der Waals surface area contributed by atoms with Gasteiger partial charge in [-0.05, 0) is 0 Å². The van der Waals surface area contributed by atoms with E-state index in [1.807, 2.05) is 0 Å². The van der Waals surface area contributed by atoms with Gasteiger partial charge in [-0.3, -0.25) is 25.3 Å². The van der Waals surface area contributed by atoms with E-state index in [1.165, 1.54) is 0 Å². The van der Waals surface area contributed by atoms with E-state index < -0.39 is 50.0 Å². The maximum atomic E-state index is 12.0. The van der Waals surface area contributed by atoms with Crippen LogP contribution in [0.1, 0.15) is 0 Å². The number of hydrogen-bond acceptors (Lipinski definition) is 6. The summed E-state index contributed by atoms with van der Waals surface area (Å²) in [6.07, 6.45) is 0. The predicted molar refractivity (Wildman–Crippen MR) is 48.2 cm³/mol. The summed E-state index contributed by atoms with van der Waals surface area (Å²) in [4.78, 5) is 0. The average Bonchev–Trinajstić information content (AvgIpc) is 2.09. The summed E-state index contributed by atoms with van der Waals surface area (Å²) in [6.45, 7) is 0. The van der Waals surface area contributed by atoms with Crippen molar-refractivity contribution >= 4 is 29.5 Å². The van der Waals surface area contributed by atoms with Crippen molar-refractivity contribution in [2.75, 3.05) is 0 Å². The van der Waals surface area contributed by atoms with E-state index in [0.717, 1.165) is 0 Å². The van der Waals surface area contributed by atoms with Crippen molar-refractivity contribution in [2.24, 2.45) is 0 Å². The minimum atomic E-state index is -8.02. The van der Waals surface area contributed by atoms with Crippen LogP contribution < -0.4 is 0 Å². The highest BCUT2D eigenvalue weighted by Gasteiger charge is 2.63. The smallest absolute Gasteiger partial charge is 0.251 e. The van der Waals surface area contributed by atoms with E-state index in [2.05, 4.69) is 0 Å². The van der Waals surface area contributed by atoms with E-state index in [4.69, 9.17) is 0 Å². The first-order chi connectivity index (χ1) is 9.12. The van der Waals surface area contributed by atoms with Crippen LogP contribution in [0.2, 0.25) is 0 Å². The lowest BCUT2D eigenvalue weighted by Crippen LogP contribution is -2.47. The van der Waals surface area contributed by atoms with Crippen molar-refractivity contribution in [1.29, 1.82) is 0 Å². The largest absolute Gasteiger partial charge is 0.470 e. The standard InChI is InChI=1S/C4F9O6S3/c5-2(6,7)20(14,15)1(21(16,17)3(8,9)10)22(18,19)4(11,12)13/q-1. The molecule has 0 heterocycles. The first-order valence-electron chi connectivity index (χ1n) is 3.93. The minimum absolute atomic E-state index is 4.75. The third-order valence-electron chi connectivity index (χ3n) is 1.57.